The molecule has 0 fully saturated rings. The number of hydrogen-bond acceptors (Lipinski definition) is 2. The third-order valence-electron chi connectivity index (χ3n) is 2.84. The Balaban J connectivity index is 2.24. The lowest BCUT2D eigenvalue weighted by Crippen LogP contribution is -2.45. The minimum Gasteiger partial charge on any atom is -0.464 e. The minimum absolute atomic E-state index is 0.227. The summed E-state index contributed by atoms with van der Waals surface area (Å²) >= 11 is 0. The second-order valence-electron chi connectivity index (χ2n) is 4.05. The molecule has 0 saturated carbocycles. The van der Waals surface area contributed by atoms with Crippen molar-refractivity contribution >= 4 is 5.97 Å². The first-order valence-corrected chi connectivity index (χ1v) is 5.89. The first-order valence-electron chi connectivity index (χ1n) is 5.89. The van der Waals surface area contributed by atoms with Crippen molar-refractivity contribution in [2.45, 2.75) is 12.5 Å². The summed E-state index contributed by atoms with van der Waals surface area (Å²) in [5, 5.41) is 0. The standard InChI is InChI=1S/C15H16NO2/c1-18-15(17)14(16-10-6-3-7-11-16)12-13-8-4-2-5-9-13/h2-11,14H,12H2,1H3/q+1. The van der Waals surface area contributed by atoms with Crippen LogP contribution in [0.1, 0.15) is 11.6 Å². The Bertz CT molecular complexity index is 496. The number of methoxy groups -OCH3 is 1. The molecule has 0 amide bonds. The molecule has 1 heterocycles. The number of esters is 1. The molecule has 3 heteroatoms. The van der Waals surface area contributed by atoms with Crippen LogP contribution in [0.5, 0.6) is 0 Å². The molecule has 92 valence electrons. The van der Waals surface area contributed by atoms with Crippen LogP contribution in [0.2, 0.25) is 0 Å². The van der Waals surface area contributed by atoms with Gasteiger partial charge >= 0.3 is 5.97 Å². The van der Waals surface area contributed by atoms with E-state index in [0.29, 0.717) is 6.42 Å². The Kier molecular flexibility index (Phi) is 4.07. The second-order valence-corrected chi connectivity index (χ2v) is 4.05. The minimum atomic E-state index is -0.321. The maximum atomic E-state index is 11.9. The lowest BCUT2D eigenvalue weighted by atomic mass is 10.1. The molecule has 0 aliphatic carbocycles. The quantitative estimate of drug-likeness (QED) is 0.606. The summed E-state index contributed by atoms with van der Waals surface area (Å²) in [6, 6.07) is 15.3. The number of pyridine rings is 1. The summed E-state index contributed by atoms with van der Waals surface area (Å²) < 4.78 is 6.75. The molecule has 1 unspecified atom stereocenters. The number of aromatic nitrogens is 1. The number of carbonyl (C=O) groups is 1. The fraction of sp³-hybridized carbons (Fsp3) is 0.200. The lowest BCUT2D eigenvalue weighted by molar-refractivity contribution is -0.710. The van der Waals surface area contributed by atoms with Crippen molar-refractivity contribution in [2.75, 3.05) is 7.11 Å². The highest BCUT2D eigenvalue weighted by atomic mass is 16.5. The van der Waals surface area contributed by atoms with E-state index in [9.17, 15) is 4.79 Å². The van der Waals surface area contributed by atoms with Gasteiger partial charge in [0.05, 0.1) is 7.11 Å². The van der Waals surface area contributed by atoms with Gasteiger partial charge in [-0.15, -0.1) is 0 Å². The van der Waals surface area contributed by atoms with Gasteiger partial charge in [-0.05, 0) is 5.56 Å². The molecular formula is C15H16NO2+. The molecule has 0 aliphatic heterocycles. The van der Waals surface area contributed by atoms with E-state index < -0.39 is 0 Å². The molecule has 1 aromatic carbocycles. The molecule has 2 aromatic rings. The van der Waals surface area contributed by atoms with Crippen LogP contribution in [0.3, 0.4) is 0 Å². The zero-order valence-corrected chi connectivity index (χ0v) is 10.3. The number of rotatable bonds is 4. The van der Waals surface area contributed by atoms with Crippen molar-refractivity contribution in [3.05, 3.63) is 66.5 Å². The van der Waals surface area contributed by atoms with E-state index in [-0.39, 0.29) is 12.0 Å². The zero-order valence-electron chi connectivity index (χ0n) is 10.3. The van der Waals surface area contributed by atoms with Gasteiger partial charge in [0.15, 0.2) is 12.4 Å². The molecule has 0 N–H and O–H groups in total. The zero-order chi connectivity index (χ0) is 12.8. The SMILES string of the molecule is COC(=O)C(Cc1ccccc1)[n+]1ccccc1. The van der Waals surface area contributed by atoms with Crippen LogP contribution in [-0.2, 0) is 16.0 Å². The average Bonchev–Trinajstić information content (AvgIpc) is 2.46. The summed E-state index contributed by atoms with van der Waals surface area (Å²) in [6.07, 6.45) is 4.39. The maximum Gasteiger partial charge on any atom is 0.375 e. The van der Waals surface area contributed by atoms with E-state index in [4.69, 9.17) is 4.74 Å². The van der Waals surface area contributed by atoms with Gasteiger partial charge in [-0.3, -0.25) is 0 Å². The van der Waals surface area contributed by atoms with E-state index in [1.54, 1.807) is 0 Å². The fourth-order valence-corrected chi connectivity index (χ4v) is 1.90. The van der Waals surface area contributed by atoms with Gasteiger partial charge in [-0.1, -0.05) is 36.4 Å². The maximum absolute atomic E-state index is 11.9. The van der Waals surface area contributed by atoms with Crippen molar-refractivity contribution < 1.29 is 14.1 Å². The first-order chi connectivity index (χ1) is 8.81. The first kappa shape index (κ1) is 12.3. The Morgan fingerprint density at radius 1 is 1.11 bits per heavy atom. The normalized spacial score (nSPS) is 11.8. The van der Waals surface area contributed by atoms with Crippen molar-refractivity contribution in [1.82, 2.24) is 0 Å². The smallest absolute Gasteiger partial charge is 0.375 e. The molecule has 0 saturated heterocycles. The average molecular weight is 242 g/mol. The van der Waals surface area contributed by atoms with Crippen LogP contribution < -0.4 is 4.57 Å². The summed E-state index contributed by atoms with van der Waals surface area (Å²) in [5.74, 6) is -0.227. The van der Waals surface area contributed by atoms with Gasteiger partial charge in [0.25, 0.3) is 6.04 Å². The highest BCUT2D eigenvalue weighted by molar-refractivity contribution is 5.72. The van der Waals surface area contributed by atoms with Crippen LogP contribution in [-0.4, -0.2) is 13.1 Å². The van der Waals surface area contributed by atoms with Crippen LogP contribution in [0.4, 0.5) is 0 Å². The van der Waals surface area contributed by atoms with Gasteiger partial charge in [0.1, 0.15) is 0 Å². The number of carbonyl (C=O) groups excluding carboxylic acids is 1. The monoisotopic (exact) mass is 242 g/mol. The fourth-order valence-electron chi connectivity index (χ4n) is 1.90. The molecule has 2 rings (SSSR count). The van der Waals surface area contributed by atoms with Gasteiger partial charge in [0, 0.05) is 18.6 Å². The number of benzene rings is 1. The van der Waals surface area contributed by atoms with Gasteiger partial charge < -0.3 is 4.74 Å². The Morgan fingerprint density at radius 3 is 2.33 bits per heavy atom. The van der Waals surface area contributed by atoms with Crippen LogP contribution in [0.25, 0.3) is 0 Å². The molecule has 0 spiro atoms. The summed E-state index contributed by atoms with van der Waals surface area (Å²) in [6.45, 7) is 0. The molecule has 3 nitrogen and oxygen atoms in total. The molecule has 1 atom stereocenters. The van der Waals surface area contributed by atoms with E-state index in [1.807, 2.05) is 65.5 Å². The summed E-state index contributed by atoms with van der Waals surface area (Å²) in [5.41, 5.74) is 1.12. The van der Waals surface area contributed by atoms with Gasteiger partial charge in [0.2, 0.25) is 0 Å². The Hall–Kier alpha value is -2.16. The van der Waals surface area contributed by atoms with Crippen molar-refractivity contribution in [3.8, 4) is 0 Å². The van der Waals surface area contributed by atoms with E-state index in [2.05, 4.69) is 0 Å². The molecule has 0 bridgehead atoms. The van der Waals surface area contributed by atoms with Crippen molar-refractivity contribution in [2.24, 2.45) is 0 Å². The van der Waals surface area contributed by atoms with Gasteiger partial charge in [-0.2, -0.15) is 4.57 Å². The molecule has 18 heavy (non-hydrogen) atoms. The second kappa shape index (κ2) is 5.96. The number of ether oxygens (including phenoxy) is 1. The van der Waals surface area contributed by atoms with Crippen molar-refractivity contribution in [3.63, 3.8) is 0 Å². The third kappa shape index (κ3) is 2.94. The molecule has 0 radical (unpaired) electrons. The van der Waals surface area contributed by atoms with Crippen LogP contribution in [0, 0.1) is 0 Å². The highest BCUT2D eigenvalue weighted by Crippen LogP contribution is 2.10. The van der Waals surface area contributed by atoms with E-state index in [0.717, 1.165) is 5.56 Å². The molecule has 0 aliphatic rings. The molecular weight excluding hydrogens is 226 g/mol. The van der Waals surface area contributed by atoms with Crippen molar-refractivity contribution in [1.29, 1.82) is 0 Å². The van der Waals surface area contributed by atoms with E-state index in [1.165, 1.54) is 7.11 Å². The topological polar surface area (TPSA) is 30.2 Å². The Labute approximate surface area is 107 Å². The summed E-state index contributed by atoms with van der Waals surface area (Å²) in [7, 11) is 1.42. The Morgan fingerprint density at radius 2 is 1.72 bits per heavy atom. The predicted molar refractivity (Wildman–Crippen MR) is 67.8 cm³/mol. The van der Waals surface area contributed by atoms with Gasteiger partial charge in [-0.25, -0.2) is 4.79 Å². The number of hydrogen-bond donors (Lipinski definition) is 0. The molecule has 1 aromatic heterocycles. The lowest BCUT2D eigenvalue weighted by Gasteiger charge is -2.10. The summed E-state index contributed by atoms with van der Waals surface area (Å²) in [4.78, 5) is 11.9. The van der Waals surface area contributed by atoms with Crippen LogP contribution in [0.15, 0.2) is 60.9 Å². The van der Waals surface area contributed by atoms with E-state index >= 15 is 0 Å². The predicted octanol–water partition coefficient (Wildman–Crippen LogP) is 1.93. The number of nitrogens with zero attached hydrogens (tertiary/aromatic N) is 1. The largest absolute Gasteiger partial charge is 0.464 e. The van der Waals surface area contributed by atoms with Crippen LogP contribution >= 0.6 is 0 Å². The third-order valence-corrected chi connectivity index (χ3v) is 2.84. The highest BCUT2D eigenvalue weighted by Gasteiger charge is 2.28.